The van der Waals surface area contributed by atoms with E-state index in [1.165, 1.54) is 30.9 Å². The Morgan fingerprint density at radius 3 is 2.21 bits per heavy atom. The SMILES string of the molecule is COC(=C1C2CC3CC2CC13)c1ccc(/C=C/C=C/C(=O)O)c(OCc2ccc(B3OC(C)(C)C(C)(C)O3)cc2)c1Cl. The second-order valence-corrected chi connectivity index (χ2v) is 13.3. The zero-order valence-corrected chi connectivity index (χ0v) is 25.6. The van der Waals surface area contributed by atoms with Crippen molar-refractivity contribution in [1.29, 1.82) is 0 Å². The van der Waals surface area contributed by atoms with Crippen LogP contribution < -0.4 is 10.2 Å². The number of hydrogen-bond acceptors (Lipinski definition) is 5. The lowest BCUT2D eigenvalue weighted by Gasteiger charge is -2.32. The van der Waals surface area contributed by atoms with Crippen molar-refractivity contribution < 1.29 is 28.7 Å². The quantitative estimate of drug-likeness (QED) is 0.149. The summed E-state index contributed by atoms with van der Waals surface area (Å²) < 4.78 is 24.8. The van der Waals surface area contributed by atoms with Crippen LogP contribution in [0, 0.1) is 23.7 Å². The number of hydrogen-bond donors (Lipinski definition) is 1. The molecule has 8 heteroatoms. The van der Waals surface area contributed by atoms with Gasteiger partial charge in [-0.25, -0.2) is 4.79 Å². The van der Waals surface area contributed by atoms with Crippen molar-refractivity contribution >= 4 is 42.0 Å². The van der Waals surface area contributed by atoms with Gasteiger partial charge in [0.15, 0.2) is 0 Å². The molecular weight excluding hydrogens is 551 g/mol. The van der Waals surface area contributed by atoms with E-state index in [1.54, 1.807) is 19.3 Å². The number of carboxylic acid groups (broad SMARTS) is 1. The summed E-state index contributed by atoms with van der Waals surface area (Å²) in [5.74, 6) is 3.16. The summed E-state index contributed by atoms with van der Waals surface area (Å²) in [6, 6.07) is 12.0. The molecule has 4 bridgehead atoms. The van der Waals surface area contributed by atoms with Crippen LogP contribution in [-0.4, -0.2) is 36.5 Å². The number of carbonyl (C=O) groups is 1. The molecule has 0 spiro atoms. The fraction of sp³-hybridized carbons (Fsp3) is 0.441. The van der Waals surface area contributed by atoms with Crippen LogP contribution in [0.2, 0.25) is 5.02 Å². The lowest BCUT2D eigenvalue weighted by atomic mass is 9.79. The Kier molecular flexibility index (Phi) is 7.57. The van der Waals surface area contributed by atoms with Crippen LogP contribution in [0.5, 0.6) is 5.75 Å². The molecule has 4 saturated carbocycles. The predicted octanol–water partition coefficient (Wildman–Crippen LogP) is 6.91. The number of halogens is 1. The Balaban J connectivity index is 1.27. The second kappa shape index (κ2) is 10.9. The highest BCUT2D eigenvalue weighted by Crippen LogP contribution is 2.67. The van der Waals surface area contributed by atoms with E-state index in [0.717, 1.165) is 45.8 Å². The molecular formula is C34H38BClO6. The summed E-state index contributed by atoms with van der Waals surface area (Å²) in [4.78, 5) is 10.9. The number of benzene rings is 2. The zero-order chi connectivity index (χ0) is 29.8. The van der Waals surface area contributed by atoms with Gasteiger partial charge in [0.05, 0.1) is 23.3 Å². The van der Waals surface area contributed by atoms with Gasteiger partial charge in [-0.2, -0.15) is 0 Å². The van der Waals surface area contributed by atoms with Gasteiger partial charge in [-0.1, -0.05) is 60.2 Å². The number of carboxylic acids is 1. The molecule has 1 heterocycles. The molecule has 5 aliphatic rings. The standard InChI is InChI=1S/C34H38BClO6/c1-33(2)34(3,4)42-35(41-33)24-13-10-20(11-14-24)19-40-31-21(8-6-7-9-28(37)38)12-15-25(30(31)36)32(39-5)29-26-17-22-16-23(26)18-27(22)29/h6-15,22-23,26-27H,16-19H2,1-5H3,(H,37,38)/b8-6+,9-7+,32-29?. The summed E-state index contributed by atoms with van der Waals surface area (Å²) in [5.41, 5.74) is 4.14. The molecule has 0 amide bonds. The number of methoxy groups -OCH3 is 1. The molecule has 2 aromatic carbocycles. The summed E-state index contributed by atoms with van der Waals surface area (Å²) in [6.45, 7) is 8.47. The maximum absolute atomic E-state index is 10.9. The largest absolute Gasteiger partial charge is 0.496 e. The fourth-order valence-corrected chi connectivity index (χ4v) is 7.57. The molecule has 0 aromatic heterocycles. The third kappa shape index (κ3) is 5.10. The Morgan fingerprint density at radius 2 is 1.64 bits per heavy atom. The van der Waals surface area contributed by atoms with Crippen molar-refractivity contribution in [2.75, 3.05) is 7.11 Å². The molecule has 1 saturated heterocycles. The molecule has 1 N–H and O–H groups in total. The first kappa shape index (κ1) is 29.1. The van der Waals surface area contributed by atoms with Gasteiger partial charge in [0.1, 0.15) is 18.1 Å². The smallest absolute Gasteiger partial charge is 0.494 e. The highest BCUT2D eigenvalue weighted by atomic mass is 35.5. The number of aliphatic carboxylic acids is 1. The third-order valence-electron chi connectivity index (χ3n) is 10.0. The van der Waals surface area contributed by atoms with Crippen LogP contribution in [0.25, 0.3) is 11.8 Å². The van der Waals surface area contributed by atoms with Crippen LogP contribution in [0.1, 0.15) is 63.6 Å². The van der Waals surface area contributed by atoms with E-state index < -0.39 is 24.3 Å². The van der Waals surface area contributed by atoms with E-state index >= 15 is 0 Å². The normalized spacial score (nSPS) is 26.7. The molecule has 1 aliphatic heterocycles. The highest BCUT2D eigenvalue weighted by molar-refractivity contribution is 6.62. The molecule has 0 radical (unpaired) electrons. The van der Waals surface area contributed by atoms with E-state index in [4.69, 9.17) is 35.5 Å². The van der Waals surface area contributed by atoms with Crippen LogP contribution in [0.15, 0.2) is 60.2 Å². The molecule has 5 fully saturated rings. The first-order valence-corrected chi connectivity index (χ1v) is 15.1. The van der Waals surface area contributed by atoms with Gasteiger partial charge in [-0.05, 0) is 93.3 Å². The number of allylic oxidation sites excluding steroid dienone is 3. The van der Waals surface area contributed by atoms with Crippen LogP contribution in [-0.2, 0) is 25.4 Å². The minimum Gasteiger partial charge on any atom is -0.496 e. The van der Waals surface area contributed by atoms with Gasteiger partial charge in [0.25, 0.3) is 0 Å². The molecule has 4 atom stereocenters. The van der Waals surface area contributed by atoms with Gasteiger partial charge in [0, 0.05) is 17.2 Å². The average Bonchev–Trinajstić information content (AvgIpc) is 3.73. The van der Waals surface area contributed by atoms with E-state index in [2.05, 4.69) is 0 Å². The summed E-state index contributed by atoms with van der Waals surface area (Å²) >= 11 is 7.11. The monoisotopic (exact) mass is 588 g/mol. The molecule has 4 aliphatic carbocycles. The Morgan fingerprint density at radius 1 is 1.00 bits per heavy atom. The molecule has 4 unspecified atom stereocenters. The minimum atomic E-state index is -1.01. The Labute approximate surface area is 253 Å². The maximum Gasteiger partial charge on any atom is 0.494 e. The average molecular weight is 589 g/mol. The van der Waals surface area contributed by atoms with Crippen molar-refractivity contribution in [2.24, 2.45) is 23.7 Å². The van der Waals surface area contributed by atoms with E-state index in [0.29, 0.717) is 29.2 Å². The van der Waals surface area contributed by atoms with Crippen LogP contribution in [0.3, 0.4) is 0 Å². The first-order valence-electron chi connectivity index (χ1n) is 14.7. The molecule has 6 nitrogen and oxygen atoms in total. The van der Waals surface area contributed by atoms with E-state index in [1.807, 2.05) is 64.1 Å². The summed E-state index contributed by atoms with van der Waals surface area (Å²) in [7, 11) is 1.30. The first-order chi connectivity index (χ1) is 20.0. The van der Waals surface area contributed by atoms with Crippen molar-refractivity contribution in [3.05, 3.63) is 81.9 Å². The lowest BCUT2D eigenvalue weighted by Crippen LogP contribution is -2.41. The number of rotatable bonds is 9. The minimum absolute atomic E-state index is 0.299. The molecule has 7 rings (SSSR count). The summed E-state index contributed by atoms with van der Waals surface area (Å²) in [6.07, 6.45) is 9.91. The Bertz CT molecular complexity index is 1440. The van der Waals surface area contributed by atoms with Crippen LogP contribution >= 0.6 is 11.6 Å². The van der Waals surface area contributed by atoms with Crippen molar-refractivity contribution in [3.8, 4) is 5.75 Å². The third-order valence-corrected chi connectivity index (χ3v) is 10.4. The maximum atomic E-state index is 10.9. The lowest BCUT2D eigenvalue weighted by molar-refractivity contribution is -0.131. The van der Waals surface area contributed by atoms with Crippen molar-refractivity contribution in [1.82, 2.24) is 0 Å². The highest BCUT2D eigenvalue weighted by Gasteiger charge is 2.58. The molecule has 220 valence electrons. The van der Waals surface area contributed by atoms with Gasteiger partial charge >= 0.3 is 13.1 Å². The van der Waals surface area contributed by atoms with Gasteiger partial charge in [0.2, 0.25) is 0 Å². The van der Waals surface area contributed by atoms with Gasteiger partial charge in [-0.3, -0.25) is 0 Å². The van der Waals surface area contributed by atoms with Crippen LogP contribution in [0.4, 0.5) is 0 Å². The predicted molar refractivity (Wildman–Crippen MR) is 165 cm³/mol. The van der Waals surface area contributed by atoms with Gasteiger partial charge in [-0.15, -0.1) is 0 Å². The second-order valence-electron chi connectivity index (χ2n) is 12.9. The zero-order valence-electron chi connectivity index (χ0n) is 24.9. The topological polar surface area (TPSA) is 74.2 Å². The van der Waals surface area contributed by atoms with Crippen molar-refractivity contribution in [3.63, 3.8) is 0 Å². The Hall–Kier alpha value is -3.00. The van der Waals surface area contributed by atoms with E-state index in [9.17, 15) is 4.79 Å². The van der Waals surface area contributed by atoms with Crippen molar-refractivity contribution in [2.45, 2.75) is 64.8 Å². The molecule has 2 aromatic rings. The fourth-order valence-electron chi connectivity index (χ4n) is 7.26. The number of ether oxygens (including phenoxy) is 2. The molecule has 42 heavy (non-hydrogen) atoms. The van der Waals surface area contributed by atoms with E-state index in [-0.39, 0.29) is 0 Å². The van der Waals surface area contributed by atoms with Gasteiger partial charge < -0.3 is 23.9 Å². The summed E-state index contributed by atoms with van der Waals surface area (Å²) in [5, 5.41) is 9.45.